The van der Waals surface area contributed by atoms with Gasteiger partial charge in [0.15, 0.2) is 0 Å². The minimum Gasteiger partial charge on any atom is -0.249 e. The molecule has 4 nitrogen and oxygen atoms in total. The van der Waals surface area contributed by atoms with Gasteiger partial charge in [0.1, 0.15) is 0 Å². The molecule has 60 valence electrons. The first-order valence-corrected chi connectivity index (χ1v) is 6.55. The molecular formula is C4H9NO3S2. The van der Waals surface area contributed by atoms with Crippen LogP contribution in [0.5, 0.6) is 0 Å². The molecule has 1 aliphatic rings. The van der Waals surface area contributed by atoms with Crippen LogP contribution in [-0.2, 0) is 19.8 Å². The Morgan fingerprint density at radius 1 is 1.40 bits per heavy atom. The Labute approximate surface area is 60.9 Å². The first kappa shape index (κ1) is 8.00. The van der Waals surface area contributed by atoms with E-state index >= 15 is 0 Å². The smallest absolute Gasteiger partial charge is 0.249 e. The van der Waals surface area contributed by atoms with Gasteiger partial charge in [-0.25, -0.2) is 12.6 Å². The first-order valence-electron chi connectivity index (χ1n) is 2.85. The van der Waals surface area contributed by atoms with Crippen LogP contribution in [0.25, 0.3) is 0 Å². The third-order valence-corrected chi connectivity index (χ3v) is 5.22. The monoisotopic (exact) mass is 183 g/mol. The molecule has 0 atom stereocenters. The molecule has 0 bridgehead atoms. The van der Waals surface area contributed by atoms with Crippen molar-refractivity contribution in [2.75, 3.05) is 17.8 Å². The fourth-order valence-electron chi connectivity index (χ4n) is 0.713. The van der Waals surface area contributed by atoms with Gasteiger partial charge in [-0.3, -0.25) is 0 Å². The quantitative estimate of drug-likeness (QED) is 0.566. The second kappa shape index (κ2) is 2.20. The van der Waals surface area contributed by atoms with Crippen molar-refractivity contribution in [3.8, 4) is 0 Å². The first-order chi connectivity index (χ1) is 4.41. The van der Waals surface area contributed by atoms with E-state index in [0.29, 0.717) is 11.5 Å². The van der Waals surface area contributed by atoms with Gasteiger partial charge < -0.3 is 0 Å². The Bertz CT molecular complexity index is 324. The highest BCUT2D eigenvalue weighted by atomic mass is 32.3. The summed E-state index contributed by atoms with van der Waals surface area (Å²) in [4.78, 5) is 0. The molecule has 10 heavy (non-hydrogen) atoms. The van der Waals surface area contributed by atoms with Gasteiger partial charge in [0.25, 0.3) is 10.0 Å². The molecule has 1 fully saturated rings. The highest BCUT2D eigenvalue weighted by Gasteiger charge is 2.21. The molecule has 1 heterocycles. The predicted molar refractivity (Wildman–Crippen MR) is 39.8 cm³/mol. The van der Waals surface area contributed by atoms with Crippen molar-refractivity contribution in [1.29, 1.82) is 0 Å². The Kier molecular flexibility index (Phi) is 1.76. The second-order valence-electron chi connectivity index (χ2n) is 2.34. The van der Waals surface area contributed by atoms with Gasteiger partial charge in [-0.1, -0.05) is 0 Å². The minimum absolute atomic E-state index is 0.445. The van der Waals surface area contributed by atoms with E-state index in [1.165, 1.54) is 0 Å². The summed E-state index contributed by atoms with van der Waals surface area (Å²) in [6, 6.07) is 0. The molecule has 1 saturated heterocycles. The summed E-state index contributed by atoms with van der Waals surface area (Å²) < 4.78 is 35.3. The van der Waals surface area contributed by atoms with Crippen LogP contribution >= 0.6 is 0 Å². The average molecular weight is 183 g/mol. The molecule has 0 saturated carbocycles. The molecular weight excluding hydrogens is 174 g/mol. The van der Waals surface area contributed by atoms with Gasteiger partial charge >= 0.3 is 0 Å². The third kappa shape index (κ3) is 1.95. The summed E-state index contributed by atoms with van der Waals surface area (Å²) in [5.74, 6) is 0.889. The zero-order valence-corrected chi connectivity index (χ0v) is 7.24. The van der Waals surface area contributed by atoms with Crippen molar-refractivity contribution in [3.05, 3.63) is 0 Å². The molecule has 0 aliphatic carbocycles. The number of nitrogens with zero attached hydrogens (tertiary/aromatic N) is 1. The number of rotatable bonds is 1. The molecule has 0 aromatic heterocycles. The van der Waals surface area contributed by atoms with E-state index in [4.69, 9.17) is 0 Å². The van der Waals surface area contributed by atoms with Crippen molar-refractivity contribution in [3.63, 3.8) is 0 Å². The molecule has 0 N–H and O–H groups in total. The summed E-state index contributed by atoms with van der Waals surface area (Å²) in [5, 5.41) is 0. The van der Waals surface area contributed by atoms with Crippen LogP contribution in [-0.4, -0.2) is 30.4 Å². The minimum atomic E-state index is -3.39. The van der Waals surface area contributed by atoms with Gasteiger partial charge in [0.2, 0.25) is 0 Å². The van der Waals surface area contributed by atoms with E-state index in [1.54, 1.807) is 0 Å². The van der Waals surface area contributed by atoms with E-state index in [9.17, 15) is 12.6 Å². The van der Waals surface area contributed by atoms with Crippen LogP contribution in [0.3, 0.4) is 0 Å². The molecule has 0 spiro atoms. The largest absolute Gasteiger partial charge is 0.257 e. The van der Waals surface area contributed by atoms with E-state index in [-0.39, 0.29) is 0 Å². The SMILES string of the molecule is CS(=O)(=O)N=S1(=O)CCC1. The van der Waals surface area contributed by atoms with Crippen molar-refractivity contribution in [1.82, 2.24) is 0 Å². The average Bonchev–Trinajstić information content (AvgIpc) is 1.57. The van der Waals surface area contributed by atoms with Crippen LogP contribution in [0.1, 0.15) is 6.42 Å². The van der Waals surface area contributed by atoms with Crippen LogP contribution in [0.2, 0.25) is 0 Å². The van der Waals surface area contributed by atoms with Gasteiger partial charge in [0.05, 0.1) is 16.0 Å². The molecule has 0 aromatic carbocycles. The van der Waals surface area contributed by atoms with Crippen LogP contribution < -0.4 is 0 Å². The molecule has 1 rings (SSSR count). The van der Waals surface area contributed by atoms with E-state index in [2.05, 4.69) is 3.77 Å². The van der Waals surface area contributed by atoms with Crippen LogP contribution in [0.4, 0.5) is 0 Å². The Balaban J connectivity index is 3.04. The lowest BCUT2D eigenvalue weighted by molar-refractivity contribution is 0.603. The van der Waals surface area contributed by atoms with Crippen molar-refractivity contribution in [2.24, 2.45) is 3.77 Å². The van der Waals surface area contributed by atoms with E-state index in [0.717, 1.165) is 12.7 Å². The van der Waals surface area contributed by atoms with Gasteiger partial charge in [-0.2, -0.15) is 0 Å². The highest BCUT2D eigenvalue weighted by Crippen LogP contribution is 2.14. The Morgan fingerprint density at radius 3 is 2.00 bits per heavy atom. The van der Waals surface area contributed by atoms with Crippen molar-refractivity contribution in [2.45, 2.75) is 6.42 Å². The van der Waals surface area contributed by atoms with Crippen LogP contribution in [0.15, 0.2) is 3.77 Å². The number of sulfonamides is 1. The lowest BCUT2D eigenvalue weighted by Crippen LogP contribution is -2.24. The van der Waals surface area contributed by atoms with Gasteiger partial charge in [-0.15, -0.1) is 3.77 Å². The number of hydrogen-bond acceptors (Lipinski definition) is 3. The summed E-state index contributed by atoms with van der Waals surface area (Å²) in [6.45, 7) is 0. The Hall–Kier alpha value is -0.100. The Morgan fingerprint density at radius 2 is 1.90 bits per heavy atom. The topological polar surface area (TPSA) is 63.6 Å². The fourth-order valence-corrected chi connectivity index (χ4v) is 4.07. The number of hydrogen-bond donors (Lipinski definition) is 0. The lowest BCUT2D eigenvalue weighted by Gasteiger charge is -2.16. The summed E-state index contributed by atoms with van der Waals surface area (Å²) >= 11 is 0. The molecule has 0 unspecified atom stereocenters. The lowest BCUT2D eigenvalue weighted by atomic mass is 10.5. The normalized spacial score (nSPS) is 23.3. The molecule has 1 aliphatic heterocycles. The standard InChI is InChI=1S/C4H9NO3S2/c1-9(6,7)5-10(8)3-2-4-10/h2-4H2,1H3. The van der Waals surface area contributed by atoms with Gasteiger partial charge in [-0.05, 0) is 6.42 Å². The molecule has 0 radical (unpaired) electrons. The predicted octanol–water partition coefficient (Wildman–Crippen LogP) is -0.182. The maximum atomic E-state index is 11.1. The summed E-state index contributed by atoms with van der Waals surface area (Å²) in [7, 11) is -5.70. The fraction of sp³-hybridized carbons (Fsp3) is 1.00. The molecule has 6 heteroatoms. The van der Waals surface area contributed by atoms with E-state index in [1.807, 2.05) is 0 Å². The molecule has 0 aromatic rings. The third-order valence-electron chi connectivity index (χ3n) is 1.20. The van der Waals surface area contributed by atoms with Crippen LogP contribution in [0, 0.1) is 0 Å². The maximum absolute atomic E-state index is 11.1. The van der Waals surface area contributed by atoms with Gasteiger partial charge in [0, 0.05) is 11.5 Å². The van der Waals surface area contributed by atoms with E-state index < -0.39 is 19.8 Å². The van der Waals surface area contributed by atoms with Crippen molar-refractivity contribution < 1.29 is 12.6 Å². The maximum Gasteiger partial charge on any atom is 0.257 e. The highest BCUT2D eigenvalue weighted by molar-refractivity contribution is 8.03. The zero-order valence-electron chi connectivity index (χ0n) is 5.61. The summed E-state index contributed by atoms with van der Waals surface area (Å²) in [5.41, 5.74) is 0. The summed E-state index contributed by atoms with van der Waals surface area (Å²) in [6.07, 6.45) is 1.80. The molecule has 0 amide bonds. The zero-order chi connectivity index (χ0) is 7.83. The second-order valence-corrected chi connectivity index (χ2v) is 6.77. The van der Waals surface area contributed by atoms with Crippen molar-refractivity contribution >= 4 is 19.8 Å².